The predicted molar refractivity (Wildman–Crippen MR) is 83.0 cm³/mol. The van der Waals surface area contributed by atoms with Crippen LogP contribution in [0.5, 0.6) is 0 Å². The topological polar surface area (TPSA) is 43.8 Å². The molecule has 0 aromatic carbocycles. The molecule has 0 unspecified atom stereocenters. The second-order valence-corrected chi connectivity index (χ2v) is 7.12. The van der Waals surface area contributed by atoms with Crippen molar-refractivity contribution in [1.82, 2.24) is 9.80 Å². The Morgan fingerprint density at radius 1 is 1.45 bits per heavy atom. The third-order valence-corrected chi connectivity index (χ3v) is 4.88. The molecule has 1 aliphatic heterocycles. The smallest absolute Gasteiger partial charge is 0.328 e. The largest absolute Gasteiger partial charge is 0.478 e. The molecule has 0 amide bonds. The van der Waals surface area contributed by atoms with Crippen molar-refractivity contribution in [1.29, 1.82) is 0 Å². The third-order valence-electron chi connectivity index (χ3n) is 3.85. The molecular formula is C15H22N2O2S. The van der Waals surface area contributed by atoms with Crippen LogP contribution in [0.15, 0.2) is 18.2 Å². The summed E-state index contributed by atoms with van der Waals surface area (Å²) in [6.07, 6.45) is 2.85. The lowest BCUT2D eigenvalue weighted by atomic mass is 10.00. The van der Waals surface area contributed by atoms with Gasteiger partial charge in [0, 0.05) is 47.5 Å². The molecule has 2 heterocycles. The molecule has 1 aliphatic rings. The molecule has 5 heteroatoms. The Bertz CT molecular complexity index is 508. The molecule has 0 saturated carbocycles. The lowest BCUT2D eigenvalue weighted by molar-refractivity contribution is -0.131. The maximum atomic E-state index is 10.5. The van der Waals surface area contributed by atoms with Crippen LogP contribution in [0.2, 0.25) is 0 Å². The van der Waals surface area contributed by atoms with Crippen molar-refractivity contribution in [3.05, 3.63) is 28.0 Å². The van der Waals surface area contributed by atoms with Gasteiger partial charge in [-0.1, -0.05) is 0 Å². The van der Waals surface area contributed by atoms with Crippen molar-refractivity contribution < 1.29 is 9.90 Å². The Hall–Kier alpha value is -1.17. The van der Waals surface area contributed by atoms with Gasteiger partial charge in [-0.2, -0.15) is 0 Å². The van der Waals surface area contributed by atoms with E-state index in [1.165, 1.54) is 11.0 Å². The highest BCUT2D eigenvalue weighted by Crippen LogP contribution is 2.24. The fraction of sp³-hybridized carbons (Fsp3) is 0.533. The molecule has 4 nitrogen and oxygen atoms in total. The van der Waals surface area contributed by atoms with E-state index >= 15 is 0 Å². The molecule has 0 atom stereocenters. The van der Waals surface area contributed by atoms with Gasteiger partial charge < -0.3 is 5.11 Å². The van der Waals surface area contributed by atoms with Gasteiger partial charge in [0.15, 0.2) is 0 Å². The molecule has 0 radical (unpaired) electrons. The molecule has 1 aromatic rings. The summed E-state index contributed by atoms with van der Waals surface area (Å²) in [7, 11) is 2.18. The first kappa shape index (κ1) is 15.2. The van der Waals surface area contributed by atoms with Crippen LogP contribution in [-0.2, 0) is 11.3 Å². The fourth-order valence-corrected chi connectivity index (χ4v) is 3.38. The highest BCUT2D eigenvalue weighted by Gasteiger charge is 2.30. The fourth-order valence-electron chi connectivity index (χ4n) is 2.42. The van der Waals surface area contributed by atoms with Crippen LogP contribution >= 0.6 is 11.3 Å². The number of hydrogen-bond donors (Lipinski definition) is 1. The number of likely N-dealkylation sites (N-methyl/N-ethyl adjacent to an activating group) is 1. The van der Waals surface area contributed by atoms with Gasteiger partial charge >= 0.3 is 5.97 Å². The molecule has 1 fully saturated rings. The van der Waals surface area contributed by atoms with Crippen molar-refractivity contribution in [3.63, 3.8) is 0 Å². The van der Waals surface area contributed by atoms with Gasteiger partial charge in [0.05, 0.1) is 0 Å². The van der Waals surface area contributed by atoms with E-state index in [1.807, 2.05) is 6.07 Å². The molecule has 20 heavy (non-hydrogen) atoms. The third kappa shape index (κ3) is 3.91. The molecule has 0 bridgehead atoms. The quantitative estimate of drug-likeness (QED) is 0.866. The Labute approximate surface area is 124 Å². The van der Waals surface area contributed by atoms with E-state index in [0.29, 0.717) is 0 Å². The minimum Gasteiger partial charge on any atom is -0.478 e. The minimum atomic E-state index is -0.902. The first-order chi connectivity index (χ1) is 9.37. The summed E-state index contributed by atoms with van der Waals surface area (Å²) < 4.78 is 0. The van der Waals surface area contributed by atoms with Gasteiger partial charge in [0.2, 0.25) is 0 Å². The number of carboxylic acid groups (broad SMARTS) is 1. The van der Waals surface area contributed by atoms with Gasteiger partial charge in [-0.25, -0.2) is 4.79 Å². The van der Waals surface area contributed by atoms with Crippen LogP contribution in [0.25, 0.3) is 6.08 Å². The van der Waals surface area contributed by atoms with Crippen LogP contribution < -0.4 is 0 Å². The van der Waals surface area contributed by atoms with Crippen molar-refractivity contribution in [2.75, 3.05) is 26.7 Å². The van der Waals surface area contributed by atoms with E-state index < -0.39 is 5.97 Å². The molecule has 2 rings (SSSR count). The summed E-state index contributed by atoms with van der Waals surface area (Å²) in [4.78, 5) is 17.7. The summed E-state index contributed by atoms with van der Waals surface area (Å²) in [5.74, 6) is -0.902. The van der Waals surface area contributed by atoms with Crippen LogP contribution in [-0.4, -0.2) is 53.1 Å². The Morgan fingerprint density at radius 2 is 2.20 bits per heavy atom. The van der Waals surface area contributed by atoms with Gasteiger partial charge in [-0.3, -0.25) is 9.80 Å². The van der Waals surface area contributed by atoms with Gasteiger partial charge in [-0.05, 0) is 39.1 Å². The SMILES string of the molecule is CN1CCN(Cc2ccc(C=CC(=O)O)s2)CC1(C)C. The first-order valence-corrected chi connectivity index (χ1v) is 7.62. The Kier molecular flexibility index (Phi) is 4.62. The van der Waals surface area contributed by atoms with Crippen molar-refractivity contribution >= 4 is 23.4 Å². The number of rotatable bonds is 4. The van der Waals surface area contributed by atoms with Crippen molar-refractivity contribution in [3.8, 4) is 0 Å². The summed E-state index contributed by atoms with van der Waals surface area (Å²) in [6.45, 7) is 8.72. The van der Waals surface area contributed by atoms with Gasteiger partial charge in [-0.15, -0.1) is 11.3 Å². The van der Waals surface area contributed by atoms with E-state index in [4.69, 9.17) is 5.11 Å². The van der Waals surface area contributed by atoms with Crippen LogP contribution in [0.1, 0.15) is 23.6 Å². The van der Waals surface area contributed by atoms with Crippen molar-refractivity contribution in [2.45, 2.75) is 25.9 Å². The van der Waals surface area contributed by atoms with Crippen molar-refractivity contribution in [2.24, 2.45) is 0 Å². The highest BCUT2D eigenvalue weighted by molar-refractivity contribution is 7.12. The average Bonchev–Trinajstić information content (AvgIpc) is 2.79. The zero-order valence-electron chi connectivity index (χ0n) is 12.3. The highest BCUT2D eigenvalue weighted by atomic mass is 32.1. The lowest BCUT2D eigenvalue weighted by Gasteiger charge is -2.45. The number of carbonyl (C=O) groups is 1. The summed E-state index contributed by atoms with van der Waals surface area (Å²) >= 11 is 1.66. The number of thiophene rings is 1. The number of aliphatic carboxylic acids is 1. The van der Waals surface area contributed by atoms with E-state index in [0.717, 1.165) is 31.1 Å². The van der Waals surface area contributed by atoms with E-state index in [-0.39, 0.29) is 5.54 Å². The molecule has 1 N–H and O–H groups in total. The molecular weight excluding hydrogens is 272 g/mol. The van der Waals surface area contributed by atoms with E-state index in [2.05, 4.69) is 36.8 Å². The Balaban J connectivity index is 1.96. The molecule has 110 valence electrons. The zero-order valence-corrected chi connectivity index (χ0v) is 13.1. The molecule has 0 aliphatic carbocycles. The number of nitrogens with zero attached hydrogens (tertiary/aromatic N) is 2. The summed E-state index contributed by atoms with van der Waals surface area (Å²) in [6, 6.07) is 4.08. The summed E-state index contributed by atoms with van der Waals surface area (Å²) in [5, 5.41) is 8.63. The normalized spacial score (nSPS) is 20.6. The molecule has 1 saturated heterocycles. The monoisotopic (exact) mass is 294 g/mol. The maximum Gasteiger partial charge on any atom is 0.328 e. The average molecular weight is 294 g/mol. The first-order valence-electron chi connectivity index (χ1n) is 6.80. The second kappa shape index (κ2) is 6.08. The predicted octanol–water partition coefficient (Wildman–Crippen LogP) is 2.37. The van der Waals surface area contributed by atoms with E-state index in [9.17, 15) is 4.79 Å². The lowest BCUT2D eigenvalue weighted by Crippen LogP contribution is -2.57. The molecule has 1 aromatic heterocycles. The number of hydrogen-bond acceptors (Lipinski definition) is 4. The van der Waals surface area contributed by atoms with Crippen LogP contribution in [0.4, 0.5) is 0 Å². The minimum absolute atomic E-state index is 0.210. The zero-order chi connectivity index (χ0) is 14.8. The standard InChI is InChI=1S/C15H22N2O2S/c1-15(2)11-17(9-8-16(15)3)10-13-5-4-12(20-13)6-7-14(18)19/h4-7H,8-11H2,1-3H3,(H,18,19). The maximum absolute atomic E-state index is 10.5. The van der Waals surface area contributed by atoms with Crippen LogP contribution in [0.3, 0.4) is 0 Å². The van der Waals surface area contributed by atoms with Gasteiger partial charge in [0.1, 0.15) is 0 Å². The van der Waals surface area contributed by atoms with E-state index in [1.54, 1.807) is 17.4 Å². The number of carboxylic acids is 1. The second-order valence-electron chi connectivity index (χ2n) is 5.92. The van der Waals surface area contributed by atoms with Gasteiger partial charge in [0.25, 0.3) is 0 Å². The Morgan fingerprint density at radius 3 is 2.85 bits per heavy atom. The van der Waals surface area contributed by atoms with Crippen LogP contribution in [0, 0.1) is 0 Å². The number of piperazine rings is 1. The molecule has 0 spiro atoms. The summed E-state index contributed by atoms with van der Waals surface area (Å²) in [5.41, 5.74) is 0.210.